The molecular formula is C31H32O10SSe. The third kappa shape index (κ3) is 7.76. The number of carboxylic acid groups (broad SMARTS) is 2. The summed E-state index contributed by atoms with van der Waals surface area (Å²) >= 11 is 1.05. The van der Waals surface area contributed by atoms with Gasteiger partial charge in [0.2, 0.25) is 0 Å². The number of ether oxygens (including phenoxy) is 4. The zero-order chi connectivity index (χ0) is 31.3. The number of methoxy groups -OCH3 is 2. The summed E-state index contributed by atoms with van der Waals surface area (Å²) < 4.78 is 25.4. The number of carbonyl (C=O) groups is 4. The molecule has 2 unspecified atom stereocenters. The van der Waals surface area contributed by atoms with E-state index in [1.807, 2.05) is 12.1 Å². The predicted molar refractivity (Wildman–Crippen MR) is 163 cm³/mol. The number of fused-ring (bicyclic) bond motifs is 2. The molecule has 228 valence electrons. The third-order valence-electron chi connectivity index (χ3n) is 6.78. The fourth-order valence-corrected chi connectivity index (χ4v) is 7.43. The van der Waals surface area contributed by atoms with E-state index in [-0.39, 0.29) is 38.9 Å². The fraction of sp³-hybridized carbons (Fsp3) is 0.355. The van der Waals surface area contributed by atoms with E-state index in [1.165, 1.54) is 32.3 Å². The number of rotatable bonds is 16. The molecule has 0 saturated carbocycles. The fourth-order valence-electron chi connectivity index (χ4n) is 4.27. The number of hydrogen-bond donors (Lipinski definition) is 2. The summed E-state index contributed by atoms with van der Waals surface area (Å²) in [5.41, 5.74) is 0. The second-order valence-corrected chi connectivity index (χ2v) is 13.4. The van der Waals surface area contributed by atoms with Crippen molar-refractivity contribution in [3.63, 3.8) is 0 Å². The number of thiophene rings is 1. The van der Waals surface area contributed by atoms with Crippen molar-refractivity contribution in [2.75, 3.05) is 27.4 Å². The van der Waals surface area contributed by atoms with Crippen LogP contribution in [0.4, 0.5) is 0 Å². The van der Waals surface area contributed by atoms with E-state index in [2.05, 4.69) is 0 Å². The Morgan fingerprint density at radius 1 is 0.744 bits per heavy atom. The van der Waals surface area contributed by atoms with Gasteiger partial charge in [0.1, 0.15) is 0 Å². The topological polar surface area (TPSA) is 146 Å². The minimum atomic E-state index is -1.01. The van der Waals surface area contributed by atoms with Gasteiger partial charge in [-0.05, 0) is 6.07 Å². The maximum absolute atomic E-state index is 12.6. The van der Waals surface area contributed by atoms with Gasteiger partial charge in [0.15, 0.2) is 5.78 Å². The van der Waals surface area contributed by atoms with Gasteiger partial charge in [-0.2, -0.15) is 0 Å². The molecule has 43 heavy (non-hydrogen) atoms. The van der Waals surface area contributed by atoms with E-state index < -0.39 is 23.8 Å². The van der Waals surface area contributed by atoms with Crippen LogP contribution in [0.15, 0.2) is 36.4 Å². The van der Waals surface area contributed by atoms with Crippen LogP contribution in [0.3, 0.4) is 0 Å². The summed E-state index contributed by atoms with van der Waals surface area (Å²) in [5, 5.41) is 19.9. The van der Waals surface area contributed by atoms with Gasteiger partial charge in [-0.3, -0.25) is 9.59 Å². The van der Waals surface area contributed by atoms with Crippen molar-refractivity contribution >= 4 is 69.1 Å². The van der Waals surface area contributed by atoms with E-state index in [0.717, 1.165) is 19.7 Å². The van der Waals surface area contributed by atoms with Crippen LogP contribution in [0.5, 0.6) is 23.0 Å². The van der Waals surface area contributed by atoms with Gasteiger partial charge in [-0.25, -0.2) is 0 Å². The zero-order valence-corrected chi connectivity index (χ0v) is 26.7. The van der Waals surface area contributed by atoms with Gasteiger partial charge in [0.25, 0.3) is 0 Å². The molecule has 2 atom stereocenters. The van der Waals surface area contributed by atoms with E-state index in [0.29, 0.717) is 51.9 Å². The average Bonchev–Trinajstić information content (AvgIpc) is 3.59. The zero-order valence-electron chi connectivity index (χ0n) is 24.1. The molecule has 2 aromatic heterocycles. The number of carboxylic acids is 2. The Balaban J connectivity index is 1.38. The maximum atomic E-state index is 12.6. The SMILES string of the molecule is COc1cc2sc(C(=O)CC(C)C(=O)O)cc2cc1OCCCOc1cc2cc(C(=O)CC(C)C(=O)O)[se]c2cc1OC. The first-order valence-electron chi connectivity index (χ1n) is 13.5. The summed E-state index contributed by atoms with van der Waals surface area (Å²) in [6.07, 6.45) is 0.436. The standard InChI is InChI=1S/C31H32O10SSe/c1-16(30(34)35)8-20(32)27-12-18-10-24(22(38-3)14-26(18)42-27)40-6-5-7-41-25-11-19-13-29(21(33)9-17(2)31(36)37)43-28(19)15-23(25)39-4/h10-17H,5-9H2,1-4H3,(H,34,35)(H,36,37). The van der Waals surface area contributed by atoms with Crippen LogP contribution in [0.1, 0.15) is 52.0 Å². The number of Topliss-reactive ketones (excluding diaryl/α,β-unsaturated/α-hetero) is 2. The van der Waals surface area contributed by atoms with Crippen molar-refractivity contribution < 1.29 is 48.3 Å². The molecule has 0 amide bonds. The average molecular weight is 676 g/mol. The number of ketones is 2. The van der Waals surface area contributed by atoms with Gasteiger partial charge in [-0.15, -0.1) is 11.3 Å². The first kappa shape index (κ1) is 32.1. The molecular weight excluding hydrogens is 643 g/mol. The van der Waals surface area contributed by atoms with E-state index in [9.17, 15) is 19.2 Å². The molecule has 4 rings (SSSR count). The van der Waals surface area contributed by atoms with E-state index in [4.69, 9.17) is 29.2 Å². The van der Waals surface area contributed by atoms with Crippen LogP contribution in [0, 0.1) is 11.8 Å². The Kier molecular flexibility index (Phi) is 10.5. The van der Waals surface area contributed by atoms with Gasteiger partial charge >= 0.3 is 185 Å². The van der Waals surface area contributed by atoms with Gasteiger partial charge < -0.3 is 5.11 Å². The van der Waals surface area contributed by atoms with E-state index >= 15 is 0 Å². The molecule has 0 aliphatic heterocycles. The molecule has 12 heteroatoms. The van der Waals surface area contributed by atoms with Gasteiger partial charge in [-0.1, -0.05) is 6.92 Å². The molecule has 2 aromatic carbocycles. The second kappa shape index (κ2) is 14.1. The summed E-state index contributed by atoms with van der Waals surface area (Å²) in [6.45, 7) is 3.69. The Hall–Kier alpha value is -3.86. The molecule has 0 bridgehead atoms. The first-order valence-corrected chi connectivity index (χ1v) is 16.0. The van der Waals surface area contributed by atoms with Crippen molar-refractivity contribution in [1.29, 1.82) is 0 Å². The van der Waals surface area contributed by atoms with Crippen molar-refractivity contribution in [1.82, 2.24) is 0 Å². The van der Waals surface area contributed by atoms with Crippen LogP contribution in [0.2, 0.25) is 0 Å². The second-order valence-electron chi connectivity index (χ2n) is 10.1. The van der Waals surface area contributed by atoms with Crippen LogP contribution in [-0.2, 0) is 9.59 Å². The summed E-state index contributed by atoms with van der Waals surface area (Å²) in [6, 6.07) is 10.8. The molecule has 2 N–H and O–H groups in total. The Morgan fingerprint density at radius 2 is 1.30 bits per heavy atom. The Bertz CT molecular complexity index is 1550. The monoisotopic (exact) mass is 676 g/mol. The Labute approximate surface area is 257 Å². The first-order chi connectivity index (χ1) is 20.5. The molecule has 0 fully saturated rings. The number of aliphatic carboxylic acids is 2. The molecule has 0 aliphatic rings. The molecule has 0 radical (unpaired) electrons. The number of benzene rings is 2. The van der Waals surface area contributed by atoms with Crippen molar-refractivity contribution in [3.8, 4) is 23.0 Å². The van der Waals surface area contributed by atoms with Crippen LogP contribution in [0.25, 0.3) is 19.7 Å². The number of carbonyl (C=O) groups excluding carboxylic acids is 2. The molecule has 4 aromatic rings. The van der Waals surface area contributed by atoms with Gasteiger partial charge in [0, 0.05) is 11.1 Å². The Morgan fingerprint density at radius 3 is 1.88 bits per heavy atom. The molecule has 0 saturated heterocycles. The molecule has 0 aliphatic carbocycles. The minimum absolute atomic E-state index is 0.0348. The molecule has 2 heterocycles. The van der Waals surface area contributed by atoms with Crippen molar-refractivity contribution in [2.45, 2.75) is 33.1 Å². The summed E-state index contributed by atoms with van der Waals surface area (Å²) in [7, 11) is 3.08. The normalized spacial score (nSPS) is 12.6. The molecule has 0 spiro atoms. The van der Waals surface area contributed by atoms with Crippen molar-refractivity contribution in [2.24, 2.45) is 11.8 Å². The summed E-state index contributed by atoms with van der Waals surface area (Å²) in [4.78, 5) is 47.9. The summed E-state index contributed by atoms with van der Waals surface area (Å²) in [5.74, 6) is -1.75. The van der Waals surface area contributed by atoms with Crippen molar-refractivity contribution in [3.05, 3.63) is 45.7 Å². The van der Waals surface area contributed by atoms with Crippen LogP contribution in [-0.4, -0.2) is 75.7 Å². The number of hydrogen-bond acceptors (Lipinski definition) is 9. The quantitative estimate of drug-likeness (QED) is 0.0879. The predicted octanol–water partition coefficient (Wildman–Crippen LogP) is 5.56. The molecule has 10 nitrogen and oxygen atoms in total. The van der Waals surface area contributed by atoms with Crippen LogP contribution >= 0.6 is 11.3 Å². The van der Waals surface area contributed by atoms with Gasteiger partial charge in [0.05, 0.1) is 17.9 Å². The third-order valence-corrected chi connectivity index (χ3v) is 10.3. The van der Waals surface area contributed by atoms with E-state index in [1.54, 1.807) is 31.4 Å². The van der Waals surface area contributed by atoms with Crippen LogP contribution < -0.4 is 18.9 Å².